The molecule has 9 heteroatoms. The summed E-state index contributed by atoms with van der Waals surface area (Å²) in [7, 11) is -3.13. The quantitative estimate of drug-likeness (QED) is 0.731. The second kappa shape index (κ2) is 7.58. The minimum absolute atomic E-state index is 0.0239. The molecule has 1 atom stereocenters. The third kappa shape index (κ3) is 4.30. The van der Waals surface area contributed by atoms with Crippen LogP contribution in [0.15, 0.2) is 4.79 Å². The summed E-state index contributed by atoms with van der Waals surface area (Å²) in [6.07, 6.45) is 0.402. The first kappa shape index (κ1) is 20.1. The number of sulfone groups is 1. The molecule has 26 heavy (non-hydrogen) atoms. The molecule has 0 N–H and O–H groups in total. The third-order valence-corrected chi connectivity index (χ3v) is 6.32. The molecule has 1 aromatic rings. The van der Waals surface area contributed by atoms with Gasteiger partial charge in [0.15, 0.2) is 9.84 Å². The molecule has 142 valence electrons. The first-order valence-electron chi connectivity index (χ1n) is 8.54. The van der Waals surface area contributed by atoms with Crippen molar-refractivity contribution in [2.24, 2.45) is 5.92 Å². The number of hydrogen-bond donors (Lipinski definition) is 0. The highest BCUT2D eigenvalue weighted by Gasteiger charge is 2.35. The van der Waals surface area contributed by atoms with E-state index in [0.717, 1.165) is 4.68 Å². The summed E-state index contributed by atoms with van der Waals surface area (Å²) in [4.78, 5) is 26.8. The Balaban J connectivity index is 2.32. The van der Waals surface area contributed by atoms with Crippen LogP contribution in [0.5, 0.6) is 0 Å². The van der Waals surface area contributed by atoms with Crippen LogP contribution in [0.1, 0.15) is 37.1 Å². The number of rotatable bonds is 5. The summed E-state index contributed by atoms with van der Waals surface area (Å²) in [5.41, 5.74) is 0.381. The average molecular weight is 380 g/mol. The number of aryl methyl sites for hydroxylation is 1. The van der Waals surface area contributed by atoms with E-state index in [1.54, 1.807) is 18.7 Å². The lowest BCUT2D eigenvalue weighted by Crippen LogP contribution is -2.46. The molecule has 1 aliphatic rings. The van der Waals surface area contributed by atoms with Gasteiger partial charge in [-0.3, -0.25) is 9.59 Å². The molecule has 0 aliphatic carbocycles. The maximum absolute atomic E-state index is 12.8. The first-order valence-corrected chi connectivity index (χ1v) is 10.4. The van der Waals surface area contributed by atoms with Crippen molar-refractivity contribution in [3.05, 3.63) is 27.2 Å². The summed E-state index contributed by atoms with van der Waals surface area (Å²) in [5.74, 6) is -0.187. The molecular weight excluding hydrogens is 356 g/mol. The molecule has 2 rings (SSSR count). The van der Waals surface area contributed by atoms with E-state index in [1.165, 1.54) is 0 Å². The lowest BCUT2D eigenvalue weighted by molar-refractivity contribution is -0.134. The van der Waals surface area contributed by atoms with Crippen molar-refractivity contribution in [1.29, 1.82) is 5.26 Å². The first-order chi connectivity index (χ1) is 12.1. The van der Waals surface area contributed by atoms with Crippen molar-refractivity contribution < 1.29 is 13.2 Å². The molecule has 1 aliphatic heterocycles. The van der Waals surface area contributed by atoms with Gasteiger partial charge in [-0.1, -0.05) is 13.8 Å². The van der Waals surface area contributed by atoms with Crippen LogP contribution in [0.2, 0.25) is 0 Å². The second-order valence-electron chi connectivity index (χ2n) is 7.16. The number of nitrogens with zero attached hydrogens (tertiary/aromatic N) is 4. The Morgan fingerprint density at radius 3 is 2.58 bits per heavy atom. The zero-order chi connectivity index (χ0) is 19.6. The Kier molecular flexibility index (Phi) is 5.86. The fourth-order valence-corrected chi connectivity index (χ4v) is 4.83. The van der Waals surface area contributed by atoms with E-state index in [9.17, 15) is 23.3 Å². The second-order valence-corrected chi connectivity index (χ2v) is 9.39. The van der Waals surface area contributed by atoms with Gasteiger partial charge in [0, 0.05) is 12.6 Å². The predicted molar refractivity (Wildman–Crippen MR) is 96.3 cm³/mol. The van der Waals surface area contributed by atoms with Crippen molar-refractivity contribution in [2.45, 2.75) is 46.7 Å². The van der Waals surface area contributed by atoms with Crippen LogP contribution in [0, 0.1) is 31.1 Å². The highest BCUT2D eigenvalue weighted by molar-refractivity contribution is 7.91. The van der Waals surface area contributed by atoms with Crippen molar-refractivity contribution in [3.63, 3.8) is 0 Å². The van der Waals surface area contributed by atoms with Crippen molar-refractivity contribution in [2.75, 3.05) is 18.1 Å². The van der Waals surface area contributed by atoms with Gasteiger partial charge < -0.3 is 4.90 Å². The average Bonchev–Trinajstić information content (AvgIpc) is 2.90. The summed E-state index contributed by atoms with van der Waals surface area (Å²) in [6, 6.07) is 1.49. The molecule has 1 amide bonds. The molecule has 0 spiro atoms. The Bertz CT molecular complexity index is 912. The number of hydrogen-bond acceptors (Lipinski definition) is 6. The Labute approximate surface area is 153 Å². The van der Waals surface area contributed by atoms with Crippen molar-refractivity contribution >= 4 is 15.7 Å². The van der Waals surface area contributed by atoms with Crippen LogP contribution in [0.25, 0.3) is 0 Å². The predicted octanol–water partition coefficient (Wildman–Crippen LogP) is 0.404. The molecule has 2 heterocycles. The largest absolute Gasteiger partial charge is 0.337 e. The highest BCUT2D eigenvalue weighted by Crippen LogP contribution is 2.19. The van der Waals surface area contributed by atoms with Gasteiger partial charge in [0.05, 0.1) is 17.2 Å². The minimum Gasteiger partial charge on any atom is -0.337 e. The third-order valence-electron chi connectivity index (χ3n) is 4.56. The molecule has 0 saturated carbocycles. The SMILES string of the molecule is Cc1nn(CC(=O)N(CC(C)C)[C@H]2CCS(=O)(=O)C2)c(=O)c(C#N)c1C. The maximum atomic E-state index is 12.8. The number of carbonyl (C=O) groups excluding carboxylic acids is 1. The molecule has 1 aromatic heterocycles. The lowest BCUT2D eigenvalue weighted by atomic mass is 10.1. The van der Waals surface area contributed by atoms with Crippen LogP contribution >= 0.6 is 0 Å². The van der Waals surface area contributed by atoms with Crippen LogP contribution in [0.4, 0.5) is 0 Å². The molecule has 0 aromatic carbocycles. The normalized spacial score (nSPS) is 18.7. The Morgan fingerprint density at radius 1 is 1.42 bits per heavy atom. The molecule has 1 fully saturated rings. The van der Waals surface area contributed by atoms with E-state index in [0.29, 0.717) is 24.2 Å². The van der Waals surface area contributed by atoms with Crippen LogP contribution in [0.3, 0.4) is 0 Å². The monoisotopic (exact) mass is 380 g/mol. The maximum Gasteiger partial charge on any atom is 0.285 e. The summed E-state index contributed by atoms with van der Waals surface area (Å²) in [5, 5.41) is 13.3. The van der Waals surface area contributed by atoms with Crippen molar-refractivity contribution in [1.82, 2.24) is 14.7 Å². The van der Waals surface area contributed by atoms with Gasteiger partial charge in [-0.2, -0.15) is 10.4 Å². The molecule has 8 nitrogen and oxygen atoms in total. The van der Waals surface area contributed by atoms with Gasteiger partial charge in [0.25, 0.3) is 5.56 Å². The smallest absolute Gasteiger partial charge is 0.285 e. The number of nitriles is 1. The van der Waals surface area contributed by atoms with Crippen molar-refractivity contribution in [3.8, 4) is 6.07 Å². The van der Waals surface area contributed by atoms with E-state index in [-0.39, 0.29) is 41.5 Å². The van der Waals surface area contributed by atoms with E-state index < -0.39 is 15.4 Å². The standard InChI is InChI=1S/C17H24N4O4S/c1-11(2)8-20(14-5-6-26(24,25)10-14)16(22)9-21-17(23)15(7-18)12(3)13(4)19-21/h11,14H,5-6,8-10H2,1-4H3/t14-/m0/s1. The van der Waals surface area contributed by atoms with Gasteiger partial charge in [-0.15, -0.1) is 0 Å². The summed E-state index contributed by atoms with van der Waals surface area (Å²) < 4.78 is 24.6. The molecule has 0 radical (unpaired) electrons. The Morgan fingerprint density at radius 2 is 2.08 bits per heavy atom. The molecule has 0 bridgehead atoms. The number of aromatic nitrogens is 2. The zero-order valence-corrected chi connectivity index (χ0v) is 16.3. The zero-order valence-electron chi connectivity index (χ0n) is 15.5. The summed E-state index contributed by atoms with van der Waals surface area (Å²) in [6.45, 7) is 7.30. The molecular formula is C17H24N4O4S. The van der Waals surface area contributed by atoms with Gasteiger partial charge in [-0.25, -0.2) is 13.1 Å². The molecule has 1 saturated heterocycles. The minimum atomic E-state index is -3.13. The number of carbonyl (C=O) groups is 1. The lowest BCUT2D eigenvalue weighted by Gasteiger charge is -2.30. The summed E-state index contributed by atoms with van der Waals surface area (Å²) >= 11 is 0. The van der Waals surface area contributed by atoms with Crippen LogP contribution in [-0.4, -0.2) is 53.1 Å². The van der Waals surface area contributed by atoms with Gasteiger partial charge in [0.2, 0.25) is 5.91 Å². The fraction of sp³-hybridized carbons (Fsp3) is 0.647. The van der Waals surface area contributed by atoms with Gasteiger partial charge >= 0.3 is 0 Å². The fourth-order valence-electron chi connectivity index (χ4n) is 3.10. The topological polar surface area (TPSA) is 113 Å². The van der Waals surface area contributed by atoms with E-state index in [2.05, 4.69) is 5.10 Å². The highest BCUT2D eigenvalue weighted by atomic mass is 32.2. The Hall–Kier alpha value is -2.21. The van der Waals surface area contributed by atoms with Gasteiger partial charge in [0.1, 0.15) is 18.2 Å². The van der Waals surface area contributed by atoms with Crippen LogP contribution in [-0.2, 0) is 21.2 Å². The number of amides is 1. The van der Waals surface area contributed by atoms with Gasteiger partial charge in [-0.05, 0) is 31.7 Å². The van der Waals surface area contributed by atoms with E-state index in [1.807, 2.05) is 19.9 Å². The van der Waals surface area contributed by atoms with E-state index >= 15 is 0 Å². The van der Waals surface area contributed by atoms with E-state index in [4.69, 9.17) is 0 Å². The molecule has 0 unspecified atom stereocenters. The van der Waals surface area contributed by atoms with Crippen LogP contribution < -0.4 is 5.56 Å².